The van der Waals surface area contributed by atoms with Gasteiger partial charge in [-0.3, -0.25) is 4.79 Å². The summed E-state index contributed by atoms with van der Waals surface area (Å²) in [6.45, 7) is 5.05. The van der Waals surface area contributed by atoms with Crippen LogP contribution in [0.1, 0.15) is 30.0 Å². The highest BCUT2D eigenvalue weighted by molar-refractivity contribution is 9.10. The number of ether oxygens (including phenoxy) is 1. The molecule has 0 saturated carbocycles. The SMILES string of the molecule is CC(C)COc1ccc(Br)cc1C(=O)NCc1ccco1. The number of rotatable bonds is 6. The zero-order valence-corrected chi connectivity index (χ0v) is 13.6. The van der Waals surface area contributed by atoms with Crippen LogP contribution in [0.5, 0.6) is 5.75 Å². The number of carbonyl (C=O) groups is 1. The summed E-state index contributed by atoms with van der Waals surface area (Å²) >= 11 is 3.38. The predicted molar refractivity (Wildman–Crippen MR) is 84.4 cm³/mol. The molecule has 0 aliphatic heterocycles. The molecule has 21 heavy (non-hydrogen) atoms. The smallest absolute Gasteiger partial charge is 0.255 e. The van der Waals surface area contributed by atoms with Crippen molar-refractivity contribution in [1.29, 1.82) is 0 Å². The fraction of sp³-hybridized carbons (Fsp3) is 0.312. The van der Waals surface area contributed by atoms with Crippen molar-refractivity contribution in [2.75, 3.05) is 6.61 Å². The molecule has 0 saturated heterocycles. The van der Waals surface area contributed by atoms with Gasteiger partial charge in [0.1, 0.15) is 11.5 Å². The molecule has 5 heteroatoms. The van der Waals surface area contributed by atoms with Crippen molar-refractivity contribution in [3.05, 3.63) is 52.4 Å². The number of furan rings is 1. The summed E-state index contributed by atoms with van der Waals surface area (Å²) in [5.74, 6) is 1.51. The van der Waals surface area contributed by atoms with E-state index in [9.17, 15) is 4.79 Å². The zero-order chi connectivity index (χ0) is 15.2. The summed E-state index contributed by atoms with van der Waals surface area (Å²) in [6, 6.07) is 9.02. The Morgan fingerprint density at radius 1 is 1.38 bits per heavy atom. The lowest BCUT2D eigenvalue weighted by Gasteiger charge is -2.13. The monoisotopic (exact) mass is 351 g/mol. The largest absolute Gasteiger partial charge is 0.492 e. The van der Waals surface area contributed by atoms with E-state index >= 15 is 0 Å². The first kappa shape index (κ1) is 15.6. The molecule has 0 bridgehead atoms. The van der Waals surface area contributed by atoms with E-state index in [1.54, 1.807) is 24.5 Å². The Morgan fingerprint density at radius 2 is 2.19 bits per heavy atom. The molecular weight excluding hydrogens is 334 g/mol. The van der Waals surface area contributed by atoms with Crippen LogP contribution in [0.25, 0.3) is 0 Å². The normalized spacial score (nSPS) is 10.7. The number of halogens is 1. The van der Waals surface area contributed by atoms with Crippen LogP contribution < -0.4 is 10.1 Å². The molecule has 1 N–H and O–H groups in total. The van der Waals surface area contributed by atoms with E-state index in [1.807, 2.05) is 12.1 Å². The molecule has 2 rings (SSSR count). The van der Waals surface area contributed by atoms with Crippen molar-refractivity contribution in [3.8, 4) is 5.75 Å². The van der Waals surface area contributed by atoms with E-state index in [1.165, 1.54) is 0 Å². The van der Waals surface area contributed by atoms with Crippen molar-refractivity contribution in [2.45, 2.75) is 20.4 Å². The minimum absolute atomic E-state index is 0.188. The predicted octanol–water partition coefficient (Wildman–Crippen LogP) is 4.01. The first-order valence-electron chi connectivity index (χ1n) is 6.79. The van der Waals surface area contributed by atoms with E-state index in [-0.39, 0.29) is 5.91 Å². The van der Waals surface area contributed by atoms with E-state index in [4.69, 9.17) is 9.15 Å². The van der Waals surface area contributed by atoms with Crippen molar-refractivity contribution in [1.82, 2.24) is 5.32 Å². The van der Waals surface area contributed by atoms with Gasteiger partial charge in [0.2, 0.25) is 0 Å². The minimum atomic E-state index is -0.188. The molecule has 1 heterocycles. The summed E-state index contributed by atoms with van der Waals surface area (Å²) in [6.07, 6.45) is 1.58. The van der Waals surface area contributed by atoms with Crippen molar-refractivity contribution < 1.29 is 13.9 Å². The standard InChI is InChI=1S/C16H18BrNO3/c1-11(2)10-21-15-6-5-12(17)8-14(15)16(19)18-9-13-4-3-7-20-13/h3-8,11H,9-10H2,1-2H3,(H,18,19). The Hall–Kier alpha value is -1.75. The summed E-state index contributed by atoms with van der Waals surface area (Å²) in [5.41, 5.74) is 0.511. The highest BCUT2D eigenvalue weighted by Crippen LogP contribution is 2.24. The number of nitrogens with one attached hydrogen (secondary N) is 1. The third-order valence-corrected chi connectivity index (χ3v) is 3.25. The van der Waals surface area contributed by atoms with Gasteiger partial charge in [0, 0.05) is 4.47 Å². The zero-order valence-electron chi connectivity index (χ0n) is 12.1. The maximum Gasteiger partial charge on any atom is 0.255 e. The molecule has 4 nitrogen and oxygen atoms in total. The fourth-order valence-electron chi connectivity index (χ4n) is 1.74. The number of carbonyl (C=O) groups excluding carboxylic acids is 1. The van der Waals surface area contributed by atoms with E-state index in [0.717, 1.165) is 4.47 Å². The molecular formula is C16H18BrNO3. The maximum atomic E-state index is 12.3. The van der Waals surface area contributed by atoms with Crippen molar-refractivity contribution in [3.63, 3.8) is 0 Å². The number of benzene rings is 1. The molecule has 112 valence electrons. The molecule has 0 fully saturated rings. The molecule has 0 aliphatic carbocycles. The number of hydrogen-bond acceptors (Lipinski definition) is 3. The third-order valence-electron chi connectivity index (χ3n) is 2.76. The fourth-order valence-corrected chi connectivity index (χ4v) is 2.10. The van der Waals surface area contributed by atoms with E-state index in [2.05, 4.69) is 35.1 Å². The van der Waals surface area contributed by atoms with Crippen LogP contribution in [0, 0.1) is 5.92 Å². The van der Waals surface area contributed by atoms with Gasteiger partial charge >= 0.3 is 0 Å². The Bertz CT molecular complexity index is 594. The average molecular weight is 352 g/mol. The molecule has 1 aromatic carbocycles. The van der Waals surface area contributed by atoms with Crippen LogP contribution in [-0.2, 0) is 6.54 Å². The summed E-state index contributed by atoms with van der Waals surface area (Å²) in [4.78, 5) is 12.3. The first-order chi connectivity index (χ1) is 10.1. The molecule has 0 atom stereocenters. The molecule has 0 radical (unpaired) electrons. The number of amides is 1. The van der Waals surface area contributed by atoms with Crippen LogP contribution in [0.15, 0.2) is 45.5 Å². The van der Waals surface area contributed by atoms with Gasteiger partial charge in [-0.25, -0.2) is 0 Å². The summed E-state index contributed by atoms with van der Waals surface area (Å²) < 4.78 is 11.7. The Kier molecular flexibility index (Phi) is 5.44. The van der Waals surface area contributed by atoms with Crippen LogP contribution in [0.2, 0.25) is 0 Å². The average Bonchev–Trinajstić information content (AvgIpc) is 2.96. The highest BCUT2D eigenvalue weighted by Gasteiger charge is 2.14. The molecule has 0 unspecified atom stereocenters. The van der Waals surface area contributed by atoms with Crippen LogP contribution in [-0.4, -0.2) is 12.5 Å². The van der Waals surface area contributed by atoms with Crippen LogP contribution >= 0.6 is 15.9 Å². The van der Waals surface area contributed by atoms with Gasteiger partial charge in [-0.1, -0.05) is 29.8 Å². The van der Waals surface area contributed by atoms with Gasteiger partial charge in [-0.05, 0) is 36.2 Å². The van der Waals surface area contributed by atoms with Crippen LogP contribution in [0.3, 0.4) is 0 Å². The second kappa shape index (κ2) is 7.31. The molecule has 1 aromatic heterocycles. The molecule has 0 aliphatic rings. The lowest BCUT2D eigenvalue weighted by atomic mass is 10.2. The lowest BCUT2D eigenvalue weighted by molar-refractivity contribution is 0.0943. The van der Waals surface area contributed by atoms with E-state index in [0.29, 0.717) is 36.1 Å². The molecule has 1 amide bonds. The summed E-state index contributed by atoms with van der Waals surface area (Å²) in [5, 5.41) is 2.82. The van der Waals surface area contributed by atoms with Crippen molar-refractivity contribution in [2.24, 2.45) is 5.92 Å². The number of hydrogen-bond donors (Lipinski definition) is 1. The Balaban J connectivity index is 2.08. The maximum absolute atomic E-state index is 12.3. The van der Waals surface area contributed by atoms with Crippen LogP contribution in [0.4, 0.5) is 0 Å². The Morgan fingerprint density at radius 3 is 2.86 bits per heavy atom. The van der Waals surface area contributed by atoms with Gasteiger partial charge in [-0.15, -0.1) is 0 Å². The van der Waals surface area contributed by atoms with Gasteiger partial charge in [0.15, 0.2) is 0 Å². The van der Waals surface area contributed by atoms with Crippen molar-refractivity contribution >= 4 is 21.8 Å². The Labute approximate surface area is 132 Å². The molecule has 0 spiro atoms. The highest BCUT2D eigenvalue weighted by atomic mass is 79.9. The van der Waals surface area contributed by atoms with Gasteiger partial charge < -0.3 is 14.5 Å². The lowest BCUT2D eigenvalue weighted by Crippen LogP contribution is -2.23. The first-order valence-corrected chi connectivity index (χ1v) is 7.58. The second-order valence-electron chi connectivity index (χ2n) is 5.11. The third kappa shape index (κ3) is 4.63. The van der Waals surface area contributed by atoms with Gasteiger partial charge in [0.05, 0.1) is 25.0 Å². The second-order valence-corrected chi connectivity index (χ2v) is 6.02. The van der Waals surface area contributed by atoms with E-state index < -0.39 is 0 Å². The van der Waals surface area contributed by atoms with Gasteiger partial charge in [0.25, 0.3) is 5.91 Å². The minimum Gasteiger partial charge on any atom is -0.492 e. The van der Waals surface area contributed by atoms with Gasteiger partial charge in [-0.2, -0.15) is 0 Å². The topological polar surface area (TPSA) is 51.5 Å². The summed E-state index contributed by atoms with van der Waals surface area (Å²) in [7, 11) is 0. The quantitative estimate of drug-likeness (QED) is 0.855. The molecule has 2 aromatic rings.